The van der Waals surface area contributed by atoms with Crippen LogP contribution in [0.25, 0.3) is 0 Å². The molecule has 0 saturated heterocycles. The Morgan fingerprint density at radius 1 is 1.33 bits per heavy atom. The van der Waals surface area contributed by atoms with E-state index in [1.54, 1.807) is 0 Å². The van der Waals surface area contributed by atoms with Crippen molar-refractivity contribution in [2.75, 3.05) is 13.2 Å². The SMILES string of the molecule is O=C(NC1CC1)N(CCCO)C1CCC1. The summed E-state index contributed by atoms with van der Waals surface area (Å²) < 4.78 is 0. The van der Waals surface area contributed by atoms with Crippen LogP contribution in [-0.2, 0) is 0 Å². The lowest BCUT2D eigenvalue weighted by Gasteiger charge is -2.37. The summed E-state index contributed by atoms with van der Waals surface area (Å²) in [6, 6.07) is 0.931. The summed E-state index contributed by atoms with van der Waals surface area (Å²) in [5.41, 5.74) is 0. The van der Waals surface area contributed by atoms with Crippen molar-refractivity contribution in [3.63, 3.8) is 0 Å². The summed E-state index contributed by atoms with van der Waals surface area (Å²) in [6.07, 6.45) is 6.44. The van der Waals surface area contributed by atoms with Gasteiger partial charge in [0.05, 0.1) is 0 Å². The number of aliphatic hydroxyl groups is 1. The van der Waals surface area contributed by atoms with Crippen LogP contribution in [0.15, 0.2) is 0 Å². The number of hydrogen-bond donors (Lipinski definition) is 2. The molecule has 0 aromatic rings. The molecule has 2 aliphatic rings. The van der Waals surface area contributed by atoms with Crippen LogP contribution in [0.4, 0.5) is 4.79 Å². The maximum atomic E-state index is 11.9. The Labute approximate surface area is 90.6 Å². The van der Waals surface area contributed by atoms with E-state index in [9.17, 15) is 4.79 Å². The monoisotopic (exact) mass is 212 g/mol. The molecule has 4 heteroatoms. The quantitative estimate of drug-likeness (QED) is 0.717. The van der Waals surface area contributed by atoms with E-state index in [2.05, 4.69) is 5.32 Å². The number of urea groups is 1. The molecule has 0 aromatic carbocycles. The summed E-state index contributed by atoms with van der Waals surface area (Å²) in [7, 11) is 0. The Kier molecular flexibility index (Phi) is 3.46. The number of aliphatic hydroxyl groups excluding tert-OH is 1. The molecule has 86 valence electrons. The average Bonchev–Trinajstić information content (AvgIpc) is 2.92. The van der Waals surface area contributed by atoms with Crippen molar-refractivity contribution in [1.82, 2.24) is 10.2 Å². The minimum atomic E-state index is 0.0793. The van der Waals surface area contributed by atoms with Crippen molar-refractivity contribution in [3.8, 4) is 0 Å². The van der Waals surface area contributed by atoms with E-state index < -0.39 is 0 Å². The zero-order valence-corrected chi connectivity index (χ0v) is 9.11. The second-order valence-electron chi connectivity index (χ2n) is 4.58. The number of rotatable bonds is 5. The molecule has 15 heavy (non-hydrogen) atoms. The molecule has 0 heterocycles. The third-order valence-electron chi connectivity index (χ3n) is 3.24. The molecule has 0 atom stereocenters. The number of carbonyl (C=O) groups excluding carboxylic acids is 1. The number of hydrogen-bond acceptors (Lipinski definition) is 2. The molecular formula is C11H20N2O2. The Morgan fingerprint density at radius 3 is 2.53 bits per heavy atom. The van der Waals surface area contributed by atoms with E-state index in [1.165, 1.54) is 6.42 Å². The highest BCUT2D eigenvalue weighted by molar-refractivity contribution is 5.75. The van der Waals surface area contributed by atoms with Crippen molar-refractivity contribution in [2.45, 2.75) is 50.6 Å². The van der Waals surface area contributed by atoms with Gasteiger partial charge in [0.2, 0.25) is 0 Å². The molecule has 2 fully saturated rings. The van der Waals surface area contributed by atoms with E-state index in [4.69, 9.17) is 5.11 Å². The molecule has 0 bridgehead atoms. The smallest absolute Gasteiger partial charge is 0.317 e. The molecule has 2 N–H and O–H groups in total. The number of carbonyl (C=O) groups is 1. The minimum Gasteiger partial charge on any atom is -0.396 e. The van der Waals surface area contributed by atoms with Gasteiger partial charge in [-0.2, -0.15) is 0 Å². The van der Waals surface area contributed by atoms with Gasteiger partial charge in [0.1, 0.15) is 0 Å². The van der Waals surface area contributed by atoms with Crippen LogP contribution in [0.1, 0.15) is 38.5 Å². The predicted octanol–water partition coefficient (Wildman–Crippen LogP) is 1.10. The second kappa shape index (κ2) is 4.84. The van der Waals surface area contributed by atoms with Gasteiger partial charge in [0.15, 0.2) is 0 Å². The van der Waals surface area contributed by atoms with Crippen LogP contribution < -0.4 is 5.32 Å². The molecule has 2 saturated carbocycles. The van der Waals surface area contributed by atoms with Crippen molar-refractivity contribution in [1.29, 1.82) is 0 Å². The second-order valence-corrected chi connectivity index (χ2v) is 4.58. The van der Waals surface area contributed by atoms with E-state index in [0.717, 1.165) is 25.7 Å². The first-order valence-electron chi connectivity index (χ1n) is 5.99. The van der Waals surface area contributed by atoms with Crippen LogP contribution in [0.2, 0.25) is 0 Å². The van der Waals surface area contributed by atoms with Gasteiger partial charge in [-0.05, 0) is 38.5 Å². The summed E-state index contributed by atoms with van der Waals surface area (Å²) in [5.74, 6) is 0. The number of nitrogens with one attached hydrogen (secondary N) is 1. The van der Waals surface area contributed by atoms with Crippen molar-refractivity contribution in [3.05, 3.63) is 0 Å². The largest absolute Gasteiger partial charge is 0.396 e. The molecule has 0 spiro atoms. The topological polar surface area (TPSA) is 52.6 Å². The molecule has 0 aliphatic heterocycles. The summed E-state index contributed by atoms with van der Waals surface area (Å²) in [5, 5.41) is 11.8. The van der Waals surface area contributed by atoms with Gasteiger partial charge < -0.3 is 15.3 Å². The van der Waals surface area contributed by atoms with E-state index >= 15 is 0 Å². The molecule has 0 radical (unpaired) electrons. The van der Waals surface area contributed by atoms with Gasteiger partial charge in [-0.1, -0.05) is 0 Å². The Balaban J connectivity index is 1.81. The van der Waals surface area contributed by atoms with Gasteiger partial charge in [-0.15, -0.1) is 0 Å². The highest BCUT2D eigenvalue weighted by Gasteiger charge is 2.31. The molecule has 0 unspecified atom stereocenters. The fourth-order valence-corrected chi connectivity index (χ4v) is 1.87. The van der Waals surface area contributed by atoms with E-state index in [-0.39, 0.29) is 12.6 Å². The molecule has 2 aliphatic carbocycles. The average molecular weight is 212 g/mol. The molecule has 2 rings (SSSR count). The zero-order chi connectivity index (χ0) is 10.7. The molecular weight excluding hydrogens is 192 g/mol. The summed E-state index contributed by atoms with van der Waals surface area (Å²) >= 11 is 0. The van der Waals surface area contributed by atoms with E-state index in [0.29, 0.717) is 25.0 Å². The maximum Gasteiger partial charge on any atom is 0.317 e. The van der Waals surface area contributed by atoms with Crippen LogP contribution >= 0.6 is 0 Å². The first kappa shape index (κ1) is 10.7. The standard InChI is InChI=1S/C11H20N2O2/c14-8-2-7-13(10-3-1-4-10)11(15)12-9-5-6-9/h9-10,14H,1-8H2,(H,12,15). The highest BCUT2D eigenvalue weighted by Crippen LogP contribution is 2.26. The molecule has 4 nitrogen and oxygen atoms in total. The Bertz CT molecular complexity index is 225. The Hall–Kier alpha value is -0.770. The van der Waals surface area contributed by atoms with Gasteiger partial charge in [-0.25, -0.2) is 4.79 Å². The highest BCUT2D eigenvalue weighted by atomic mass is 16.3. The lowest BCUT2D eigenvalue weighted by Crippen LogP contribution is -2.50. The zero-order valence-electron chi connectivity index (χ0n) is 9.11. The summed E-state index contributed by atoms with van der Waals surface area (Å²) in [4.78, 5) is 13.8. The van der Waals surface area contributed by atoms with Crippen molar-refractivity contribution in [2.24, 2.45) is 0 Å². The first-order valence-corrected chi connectivity index (χ1v) is 5.99. The molecule has 2 amide bonds. The lowest BCUT2D eigenvalue weighted by molar-refractivity contribution is 0.130. The van der Waals surface area contributed by atoms with Gasteiger partial charge in [-0.3, -0.25) is 0 Å². The fraction of sp³-hybridized carbons (Fsp3) is 0.909. The van der Waals surface area contributed by atoms with Crippen LogP contribution in [-0.4, -0.2) is 41.3 Å². The normalized spacial score (nSPS) is 20.9. The van der Waals surface area contributed by atoms with Crippen molar-refractivity contribution >= 4 is 6.03 Å². The van der Waals surface area contributed by atoms with E-state index in [1.807, 2.05) is 4.90 Å². The minimum absolute atomic E-state index is 0.0793. The number of amides is 2. The third kappa shape index (κ3) is 2.84. The lowest BCUT2D eigenvalue weighted by atomic mass is 9.91. The van der Waals surface area contributed by atoms with Crippen LogP contribution in [0.3, 0.4) is 0 Å². The Morgan fingerprint density at radius 2 is 2.07 bits per heavy atom. The first-order chi connectivity index (χ1) is 7.31. The predicted molar refractivity (Wildman–Crippen MR) is 57.6 cm³/mol. The number of nitrogens with zero attached hydrogens (tertiary/aromatic N) is 1. The fourth-order valence-electron chi connectivity index (χ4n) is 1.87. The van der Waals surface area contributed by atoms with Gasteiger partial charge in [0, 0.05) is 25.2 Å². The molecule has 0 aromatic heterocycles. The van der Waals surface area contributed by atoms with Crippen LogP contribution in [0, 0.1) is 0 Å². The third-order valence-corrected chi connectivity index (χ3v) is 3.24. The van der Waals surface area contributed by atoms with Gasteiger partial charge >= 0.3 is 6.03 Å². The van der Waals surface area contributed by atoms with Gasteiger partial charge in [0.25, 0.3) is 0 Å². The maximum absolute atomic E-state index is 11.9. The summed E-state index contributed by atoms with van der Waals surface area (Å²) in [6.45, 7) is 0.861. The van der Waals surface area contributed by atoms with Crippen molar-refractivity contribution < 1.29 is 9.90 Å². The van der Waals surface area contributed by atoms with Crippen LogP contribution in [0.5, 0.6) is 0 Å².